The molecule has 0 aliphatic rings. The van der Waals surface area contributed by atoms with Gasteiger partial charge >= 0.3 is 0 Å². The molecule has 4 nitrogen and oxygen atoms in total. The highest BCUT2D eigenvalue weighted by molar-refractivity contribution is 7.90. The molecule has 0 saturated heterocycles. The largest absolute Gasteiger partial charge is 0.397 e. The number of benzene rings is 2. The molecule has 102 valence electrons. The van der Waals surface area contributed by atoms with Crippen LogP contribution in [0.4, 0.5) is 5.69 Å². The molecule has 20 heavy (non-hydrogen) atoms. The first-order chi connectivity index (χ1) is 9.50. The zero-order chi connectivity index (χ0) is 14.3. The van der Waals surface area contributed by atoms with Crippen LogP contribution in [0.3, 0.4) is 0 Å². The van der Waals surface area contributed by atoms with Gasteiger partial charge in [0, 0.05) is 11.6 Å². The highest BCUT2D eigenvalue weighted by Gasteiger charge is 2.19. The number of hydrogen-bond acceptors (Lipinski definition) is 3. The lowest BCUT2D eigenvalue weighted by Crippen LogP contribution is -2.12. The van der Waals surface area contributed by atoms with Crippen LogP contribution in [-0.4, -0.2) is 12.4 Å². The summed E-state index contributed by atoms with van der Waals surface area (Å²) in [6, 6.07) is 13.9. The lowest BCUT2D eigenvalue weighted by Gasteiger charge is -2.09. The first-order valence-corrected chi connectivity index (χ1v) is 7.62. The van der Waals surface area contributed by atoms with Gasteiger partial charge in [0.1, 0.15) is 0 Å². The first-order valence-electron chi connectivity index (χ1n) is 6.18. The third-order valence-corrected chi connectivity index (χ3v) is 4.98. The van der Waals surface area contributed by atoms with Crippen molar-refractivity contribution in [3.63, 3.8) is 0 Å². The van der Waals surface area contributed by atoms with E-state index in [-0.39, 0.29) is 4.90 Å². The predicted octanol–water partition coefficient (Wildman–Crippen LogP) is 2.77. The second-order valence-corrected chi connectivity index (χ2v) is 6.53. The maximum Gasteiger partial charge on any atom is 0.268 e. The van der Waals surface area contributed by atoms with Crippen LogP contribution in [-0.2, 0) is 10.0 Å². The summed E-state index contributed by atoms with van der Waals surface area (Å²) in [6.07, 6.45) is 1.54. The van der Waals surface area contributed by atoms with Gasteiger partial charge in [-0.05, 0) is 31.2 Å². The maximum absolute atomic E-state index is 12.7. The van der Waals surface area contributed by atoms with E-state index in [1.807, 2.05) is 13.0 Å². The standard InChI is InChI=1S/C15H14N2O2S/c1-11-5-7-13(8-6-11)20(18,19)17-10-9-12-3-2-4-14(16)15(12)17/h2-10H,16H2,1H3. The predicted molar refractivity (Wildman–Crippen MR) is 80.1 cm³/mol. The SMILES string of the molecule is Cc1ccc(S(=O)(=O)n2ccc3cccc(N)c32)cc1. The van der Waals surface area contributed by atoms with Crippen LogP contribution < -0.4 is 5.73 Å². The Morgan fingerprint density at radius 1 is 1.00 bits per heavy atom. The molecule has 1 heterocycles. The van der Waals surface area contributed by atoms with Crippen LogP contribution in [0, 0.1) is 6.92 Å². The fraction of sp³-hybridized carbons (Fsp3) is 0.0667. The van der Waals surface area contributed by atoms with E-state index in [1.165, 1.54) is 10.2 Å². The summed E-state index contributed by atoms with van der Waals surface area (Å²) in [6.45, 7) is 1.92. The molecule has 0 aliphatic heterocycles. The van der Waals surface area contributed by atoms with Crippen molar-refractivity contribution in [1.82, 2.24) is 3.97 Å². The second-order valence-electron chi connectivity index (χ2n) is 4.71. The molecule has 2 N–H and O–H groups in total. The number of rotatable bonds is 2. The zero-order valence-electron chi connectivity index (χ0n) is 10.9. The summed E-state index contributed by atoms with van der Waals surface area (Å²) in [5.41, 5.74) is 7.90. The molecule has 0 bridgehead atoms. The summed E-state index contributed by atoms with van der Waals surface area (Å²) in [7, 11) is -3.62. The van der Waals surface area contributed by atoms with Crippen LogP contribution in [0.1, 0.15) is 5.56 Å². The van der Waals surface area contributed by atoms with E-state index in [0.29, 0.717) is 11.2 Å². The average molecular weight is 286 g/mol. The smallest absolute Gasteiger partial charge is 0.268 e. The van der Waals surface area contributed by atoms with Crippen molar-refractivity contribution in [2.45, 2.75) is 11.8 Å². The van der Waals surface area contributed by atoms with Gasteiger partial charge in [0.25, 0.3) is 10.0 Å². The Labute approximate surface area is 117 Å². The lowest BCUT2D eigenvalue weighted by atomic mass is 10.2. The van der Waals surface area contributed by atoms with Crippen LogP contribution in [0.25, 0.3) is 10.9 Å². The molecule has 5 heteroatoms. The van der Waals surface area contributed by atoms with Gasteiger partial charge in [-0.2, -0.15) is 0 Å². The molecule has 1 aromatic heterocycles. The van der Waals surface area contributed by atoms with E-state index in [4.69, 9.17) is 5.73 Å². The van der Waals surface area contributed by atoms with Crippen LogP contribution in [0.2, 0.25) is 0 Å². The fourth-order valence-electron chi connectivity index (χ4n) is 2.22. The van der Waals surface area contributed by atoms with Gasteiger partial charge in [-0.25, -0.2) is 12.4 Å². The van der Waals surface area contributed by atoms with Gasteiger partial charge in [0.15, 0.2) is 0 Å². The second kappa shape index (κ2) is 4.38. The molecule has 0 aliphatic carbocycles. The third-order valence-electron chi connectivity index (χ3n) is 3.29. The third kappa shape index (κ3) is 1.87. The molecule has 0 radical (unpaired) electrons. The summed E-state index contributed by atoms with van der Waals surface area (Å²) < 4.78 is 26.6. The average Bonchev–Trinajstić information content (AvgIpc) is 2.85. The number of anilines is 1. The summed E-state index contributed by atoms with van der Waals surface area (Å²) >= 11 is 0. The number of aromatic nitrogens is 1. The molecule has 2 aromatic carbocycles. The van der Waals surface area contributed by atoms with E-state index in [9.17, 15) is 8.42 Å². The molecule has 0 fully saturated rings. The van der Waals surface area contributed by atoms with Gasteiger partial charge in [-0.1, -0.05) is 29.8 Å². The van der Waals surface area contributed by atoms with Crippen molar-refractivity contribution < 1.29 is 8.42 Å². The Balaban J connectivity index is 2.27. The molecule has 0 spiro atoms. The molecular weight excluding hydrogens is 272 g/mol. The Morgan fingerprint density at radius 2 is 1.70 bits per heavy atom. The Hall–Kier alpha value is -2.27. The number of nitrogen functional groups attached to an aromatic ring is 1. The number of aryl methyl sites for hydroxylation is 1. The minimum Gasteiger partial charge on any atom is -0.397 e. The topological polar surface area (TPSA) is 65.1 Å². The minimum absolute atomic E-state index is 0.254. The number of fused-ring (bicyclic) bond motifs is 1. The molecule has 3 rings (SSSR count). The van der Waals surface area contributed by atoms with Crippen molar-refractivity contribution in [3.05, 3.63) is 60.3 Å². The summed E-state index contributed by atoms with van der Waals surface area (Å²) in [4.78, 5) is 0.254. The highest BCUT2D eigenvalue weighted by Crippen LogP contribution is 2.26. The minimum atomic E-state index is -3.62. The van der Waals surface area contributed by atoms with Crippen molar-refractivity contribution in [3.8, 4) is 0 Å². The van der Waals surface area contributed by atoms with E-state index in [2.05, 4.69) is 0 Å². The van der Waals surface area contributed by atoms with Crippen molar-refractivity contribution >= 4 is 26.6 Å². The van der Waals surface area contributed by atoms with E-state index < -0.39 is 10.0 Å². The summed E-state index contributed by atoms with van der Waals surface area (Å²) in [5.74, 6) is 0. The van der Waals surface area contributed by atoms with Crippen LogP contribution in [0.15, 0.2) is 59.6 Å². The number of para-hydroxylation sites is 1. The monoisotopic (exact) mass is 286 g/mol. The number of nitrogens with two attached hydrogens (primary N) is 1. The van der Waals surface area contributed by atoms with Gasteiger partial charge in [-0.3, -0.25) is 0 Å². The lowest BCUT2D eigenvalue weighted by molar-refractivity contribution is 0.589. The van der Waals surface area contributed by atoms with Gasteiger partial charge in [0.2, 0.25) is 0 Å². The Bertz CT molecular complexity index is 878. The van der Waals surface area contributed by atoms with Crippen molar-refractivity contribution in [2.24, 2.45) is 0 Å². The summed E-state index contributed by atoms with van der Waals surface area (Å²) in [5, 5.41) is 0.806. The molecule has 0 amide bonds. The van der Waals surface area contributed by atoms with Crippen LogP contribution >= 0.6 is 0 Å². The van der Waals surface area contributed by atoms with E-state index >= 15 is 0 Å². The quantitative estimate of drug-likeness (QED) is 0.737. The zero-order valence-corrected chi connectivity index (χ0v) is 11.8. The number of nitrogens with zero attached hydrogens (tertiary/aromatic N) is 1. The molecular formula is C15H14N2O2S. The van der Waals surface area contributed by atoms with Crippen LogP contribution in [0.5, 0.6) is 0 Å². The molecule has 0 atom stereocenters. The highest BCUT2D eigenvalue weighted by atomic mass is 32.2. The van der Waals surface area contributed by atoms with Crippen molar-refractivity contribution in [2.75, 3.05) is 5.73 Å². The Morgan fingerprint density at radius 3 is 2.40 bits per heavy atom. The van der Waals surface area contributed by atoms with Gasteiger partial charge < -0.3 is 5.73 Å². The van der Waals surface area contributed by atoms with Gasteiger partial charge in [0.05, 0.1) is 16.1 Å². The molecule has 0 saturated carbocycles. The molecule has 0 unspecified atom stereocenters. The Kier molecular flexibility index (Phi) is 2.79. The van der Waals surface area contributed by atoms with Gasteiger partial charge in [-0.15, -0.1) is 0 Å². The number of hydrogen-bond donors (Lipinski definition) is 1. The van der Waals surface area contributed by atoms with E-state index in [1.54, 1.807) is 42.5 Å². The maximum atomic E-state index is 12.7. The fourth-order valence-corrected chi connectivity index (χ4v) is 3.60. The first kappa shape index (κ1) is 12.7. The van der Waals surface area contributed by atoms with Crippen molar-refractivity contribution in [1.29, 1.82) is 0 Å². The normalized spacial score (nSPS) is 11.8. The molecule has 3 aromatic rings. The van der Waals surface area contributed by atoms with E-state index in [0.717, 1.165) is 10.9 Å².